The Morgan fingerprint density at radius 3 is 2.48 bits per heavy atom. The monoisotopic (exact) mass is 284 g/mol. The van der Waals surface area contributed by atoms with Crippen LogP contribution >= 0.6 is 0 Å². The van der Waals surface area contributed by atoms with Gasteiger partial charge in [-0.15, -0.1) is 0 Å². The zero-order valence-corrected chi connectivity index (χ0v) is 12.1. The molecule has 1 atom stereocenters. The topological polar surface area (TPSA) is 64.3 Å². The maximum atomic E-state index is 12.3. The van der Waals surface area contributed by atoms with E-state index in [1.807, 2.05) is 42.5 Å². The molecule has 0 aliphatic heterocycles. The van der Waals surface area contributed by atoms with Crippen LogP contribution in [0.3, 0.4) is 0 Å². The molecule has 0 bridgehead atoms. The van der Waals surface area contributed by atoms with Gasteiger partial charge in [0.05, 0.1) is 12.7 Å². The molecule has 1 amide bonds. The third-order valence-electron chi connectivity index (χ3n) is 3.30. The van der Waals surface area contributed by atoms with Gasteiger partial charge in [-0.25, -0.2) is 0 Å². The molecule has 0 aliphatic rings. The molecule has 3 N–H and O–H groups in total. The van der Waals surface area contributed by atoms with Gasteiger partial charge in [-0.2, -0.15) is 0 Å². The van der Waals surface area contributed by atoms with Gasteiger partial charge in [0.1, 0.15) is 5.75 Å². The first kappa shape index (κ1) is 15.1. The van der Waals surface area contributed by atoms with Crippen molar-refractivity contribution in [2.75, 3.05) is 13.7 Å². The van der Waals surface area contributed by atoms with Crippen molar-refractivity contribution in [3.8, 4) is 5.75 Å². The van der Waals surface area contributed by atoms with Gasteiger partial charge in [0.25, 0.3) is 5.91 Å². The summed E-state index contributed by atoms with van der Waals surface area (Å²) in [5, 5.41) is 2.96. The van der Waals surface area contributed by atoms with Gasteiger partial charge in [-0.3, -0.25) is 4.79 Å². The number of rotatable bonds is 6. The smallest absolute Gasteiger partial charge is 0.255 e. The van der Waals surface area contributed by atoms with E-state index < -0.39 is 0 Å². The first-order valence-electron chi connectivity index (χ1n) is 6.92. The van der Waals surface area contributed by atoms with Crippen molar-refractivity contribution in [2.45, 2.75) is 12.5 Å². The minimum atomic E-state index is -0.168. The molecule has 0 saturated carbocycles. The Labute approximate surface area is 124 Å². The minimum absolute atomic E-state index is 0.107. The fourth-order valence-corrected chi connectivity index (χ4v) is 2.19. The Bertz CT molecular complexity index is 584. The van der Waals surface area contributed by atoms with Crippen LogP contribution in [0.1, 0.15) is 15.9 Å². The molecule has 0 aliphatic carbocycles. The minimum Gasteiger partial charge on any atom is -0.496 e. The molecule has 110 valence electrons. The van der Waals surface area contributed by atoms with E-state index in [1.165, 1.54) is 0 Å². The van der Waals surface area contributed by atoms with E-state index >= 15 is 0 Å². The predicted octanol–water partition coefficient (Wildman–Crippen LogP) is 1.99. The average Bonchev–Trinajstić information content (AvgIpc) is 2.55. The molecule has 0 saturated heterocycles. The molecule has 2 rings (SSSR count). The van der Waals surface area contributed by atoms with Gasteiger partial charge in [0.2, 0.25) is 0 Å². The molecule has 21 heavy (non-hydrogen) atoms. The van der Waals surface area contributed by atoms with Gasteiger partial charge in [-0.05, 0) is 24.1 Å². The van der Waals surface area contributed by atoms with Crippen LogP contribution in [0.5, 0.6) is 5.75 Å². The first-order valence-corrected chi connectivity index (χ1v) is 6.92. The van der Waals surface area contributed by atoms with Crippen LogP contribution in [0, 0.1) is 0 Å². The molecule has 0 heterocycles. The second-order valence-corrected chi connectivity index (χ2v) is 4.80. The van der Waals surface area contributed by atoms with Crippen molar-refractivity contribution in [1.82, 2.24) is 5.32 Å². The number of nitrogens with one attached hydrogen (secondary N) is 1. The first-order chi connectivity index (χ1) is 10.2. The Kier molecular flexibility index (Phi) is 5.35. The number of benzene rings is 2. The highest BCUT2D eigenvalue weighted by molar-refractivity contribution is 5.97. The van der Waals surface area contributed by atoms with Crippen LogP contribution in [-0.4, -0.2) is 25.6 Å². The molecule has 0 aromatic heterocycles. The molecule has 0 fully saturated rings. The summed E-state index contributed by atoms with van der Waals surface area (Å²) >= 11 is 0. The summed E-state index contributed by atoms with van der Waals surface area (Å²) in [6.07, 6.45) is 0.707. The van der Waals surface area contributed by atoms with Crippen LogP contribution < -0.4 is 15.8 Å². The van der Waals surface area contributed by atoms with E-state index in [1.54, 1.807) is 19.2 Å². The van der Waals surface area contributed by atoms with E-state index in [0.717, 1.165) is 5.56 Å². The van der Waals surface area contributed by atoms with E-state index in [2.05, 4.69) is 5.32 Å². The van der Waals surface area contributed by atoms with Crippen LogP contribution in [0.25, 0.3) is 0 Å². The number of methoxy groups -OCH3 is 1. The molecule has 4 nitrogen and oxygen atoms in total. The van der Waals surface area contributed by atoms with Crippen molar-refractivity contribution in [2.24, 2.45) is 5.73 Å². The average molecular weight is 284 g/mol. The maximum Gasteiger partial charge on any atom is 0.255 e. The van der Waals surface area contributed by atoms with E-state index in [0.29, 0.717) is 24.3 Å². The molecular formula is C17H20N2O2. The van der Waals surface area contributed by atoms with Gasteiger partial charge >= 0.3 is 0 Å². The van der Waals surface area contributed by atoms with Gasteiger partial charge in [0, 0.05) is 12.6 Å². The van der Waals surface area contributed by atoms with Crippen LogP contribution in [0.15, 0.2) is 54.6 Å². The van der Waals surface area contributed by atoms with E-state index in [-0.39, 0.29) is 11.9 Å². The summed E-state index contributed by atoms with van der Waals surface area (Å²) in [5.41, 5.74) is 7.44. The van der Waals surface area contributed by atoms with Crippen LogP contribution in [-0.2, 0) is 6.42 Å². The summed E-state index contributed by atoms with van der Waals surface area (Å²) in [6.45, 7) is 0.385. The van der Waals surface area contributed by atoms with Crippen LogP contribution in [0.2, 0.25) is 0 Å². The zero-order chi connectivity index (χ0) is 15.1. The van der Waals surface area contributed by atoms with Crippen molar-refractivity contribution < 1.29 is 9.53 Å². The molecular weight excluding hydrogens is 264 g/mol. The number of nitrogens with two attached hydrogens (primary N) is 1. The highest BCUT2D eigenvalue weighted by Crippen LogP contribution is 2.17. The Balaban J connectivity index is 2.06. The lowest BCUT2D eigenvalue weighted by Crippen LogP contribution is -2.41. The fourth-order valence-electron chi connectivity index (χ4n) is 2.19. The van der Waals surface area contributed by atoms with Gasteiger partial charge in [-0.1, -0.05) is 42.5 Å². The highest BCUT2D eigenvalue weighted by Gasteiger charge is 2.16. The van der Waals surface area contributed by atoms with Crippen molar-refractivity contribution in [1.29, 1.82) is 0 Å². The van der Waals surface area contributed by atoms with Crippen molar-refractivity contribution >= 4 is 5.91 Å². The third kappa shape index (κ3) is 4.07. The standard InChI is InChI=1S/C17H20N2O2/c1-21-16-10-6-5-9-15(16)17(20)19-14(12-18)11-13-7-3-2-4-8-13/h2-10,14H,11-12,18H2,1H3,(H,19,20). The normalized spacial score (nSPS) is 11.7. The Morgan fingerprint density at radius 1 is 1.14 bits per heavy atom. The van der Waals surface area contributed by atoms with Crippen molar-refractivity contribution in [3.63, 3.8) is 0 Å². The third-order valence-corrected chi connectivity index (χ3v) is 3.30. The largest absolute Gasteiger partial charge is 0.496 e. The summed E-state index contributed by atoms with van der Waals surface area (Å²) in [7, 11) is 1.55. The lowest BCUT2D eigenvalue weighted by molar-refractivity contribution is 0.0935. The number of carbonyl (C=O) groups excluding carboxylic acids is 1. The molecule has 2 aromatic carbocycles. The number of ether oxygens (including phenoxy) is 1. The molecule has 0 spiro atoms. The fraction of sp³-hybridized carbons (Fsp3) is 0.235. The summed E-state index contributed by atoms with van der Waals surface area (Å²) in [6, 6.07) is 17.0. The number of amides is 1. The second-order valence-electron chi connectivity index (χ2n) is 4.80. The maximum absolute atomic E-state index is 12.3. The van der Waals surface area contributed by atoms with E-state index in [4.69, 9.17) is 10.5 Å². The highest BCUT2D eigenvalue weighted by atomic mass is 16.5. The Hall–Kier alpha value is -2.33. The predicted molar refractivity (Wildman–Crippen MR) is 83.4 cm³/mol. The van der Waals surface area contributed by atoms with Gasteiger partial charge < -0.3 is 15.8 Å². The number of carbonyl (C=O) groups is 1. The number of para-hydroxylation sites is 1. The molecule has 0 radical (unpaired) electrons. The lowest BCUT2D eigenvalue weighted by atomic mass is 10.1. The van der Waals surface area contributed by atoms with Crippen LogP contribution in [0.4, 0.5) is 0 Å². The zero-order valence-electron chi connectivity index (χ0n) is 12.1. The van der Waals surface area contributed by atoms with E-state index in [9.17, 15) is 4.79 Å². The second kappa shape index (κ2) is 7.45. The summed E-state index contributed by atoms with van der Waals surface area (Å²) in [4.78, 5) is 12.3. The molecule has 1 unspecified atom stereocenters. The van der Waals surface area contributed by atoms with Gasteiger partial charge in [0.15, 0.2) is 0 Å². The number of hydrogen-bond acceptors (Lipinski definition) is 3. The quantitative estimate of drug-likeness (QED) is 0.852. The number of hydrogen-bond donors (Lipinski definition) is 2. The molecule has 4 heteroatoms. The summed E-state index contributed by atoms with van der Waals surface area (Å²) in [5.74, 6) is 0.393. The lowest BCUT2D eigenvalue weighted by Gasteiger charge is -2.18. The Morgan fingerprint density at radius 2 is 1.81 bits per heavy atom. The SMILES string of the molecule is COc1ccccc1C(=O)NC(CN)Cc1ccccc1. The van der Waals surface area contributed by atoms with Crippen molar-refractivity contribution in [3.05, 3.63) is 65.7 Å². The summed E-state index contributed by atoms with van der Waals surface area (Å²) < 4.78 is 5.21. The molecule has 2 aromatic rings.